The molecule has 6 heteroatoms. The van der Waals surface area contributed by atoms with Crippen molar-refractivity contribution in [2.75, 3.05) is 0 Å². The summed E-state index contributed by atoms with van der Waals surface area (Å²) in [4.78, 5) is 0. The van der Waals surface area contributed by atoms with Gasteiger partial charge in [-0.05, 0) is 48.9 Å². The van der Waals surface area contributed by atoms with Crippen LogP contribution in [0.3, 0.4) is 0 Å². The minimum absolute atomic E-state index is 0.0731. The zero-order chi connectivity index (χ0) is 15.6. The normalized spacial score (nSPS) is 24.9. The molecule has 118 valence electrons. The van der Waals surface area contributed by atoms with Gasteiger partial charge in [0.2, 0.25) is 0 Å². The van der Waals surface area contributed by atoms with E-state index in [1.165, 1.54) is 18.2 Å². The van der Waals surface area contributed by atoms with Crippen molar-refractivity contribution in [3.63, 3.8) is 0 Å². The zero-order valence-electron chi connectivity index (χ0n) is 11.5. The summed E-state index contributed by atoms with van der Waals surface area (Å²) < 4.78 is 52.9. The summed E-state index contributed by atoms with van der Waals surface area (Å²) >= 11 is 5.80. The highest BCUT2D eigenvalue weighted by atomic mass is 35.5. The molecule has 0 amide bonds. The largest absolute Gasteiger partial charge is 0.392 e. The highest BCUT2D eigenvalue weighted by molar-refractivity contribution is 6.30. The molecule has 0 heterocycles. The summed E-state index contributed by atoms with van der Waals surface area (Å²) in [6, 6.07) is 3.34. The van der Waals surface area contributed by atoms with Crippen LogP contribution in [-0.2, 0) is 6.42 Å². The Morgan fingerprint density at radius 3 is 2.57 bits per heavy atom. The third-order valence-corrected chi connectivity index (χ3v) is 4.49. The van der Waals surface area contributed by atoms with Gasteiger partial charge in [-0.2, -0.15) is 13.2 Å². The molecule has 0 saturated heterocycles. The number of rotatable bonds is 3. The fourth-order valence-electron chi connectivity index (χ4n) is 3.18. The van der Waals surface area contributed by atoms with Gasteiger partial charge in [0.1, 0.15) is 5.82 Å². The van der Waals surface area contributed by atoms with E-state index in [2.05, 4.69) is 0 Å². The lowest BCUT2D eigenvalue weighted by molar-refractivity contribution is -0.198. The molecule has 1 aliphatic rings. The predicted molar refractivity (Wildman–Crippen MR) is 74.6 cm³/mol. The van der Waals surface area contributed by atoms with Crippen molar-refractivity contribution in [1.29, 1.82) is 0 Å². The van der Waals surface area contributed by atoms with Gasteiger partial charge in [-0.25, -0.2) is 4.39 Å². The van der Waals surface area contributed by atoms with Crippen molar-refractivity contribution in [2.24, 2.45) is 17.6 Å². The smallest absolute Gasteiger partial charge is 0.327 e. The van der Waals surface area contributed by atoms with E-state index in [-0.39, 0.29) is 18.4 Å². The quantitative estimate of drug-likeness (QED) is 0.800. The second kappa shape index (κ2) is 6.53. The van der Waals surface area contributed by atoms with Crippen LogP contribution < -0.4 is 5.73 Å². The Hall–Kier alpha value is -0.810. The molecule has 0 spiro atoms. The van der Waals surface area contributed by atoms with E-state index in [1.807, 2.05) is 0 Å². The maximum atomic E-state index is 13.7. The fourth-order valence-corrected chi connectivity index (χ4v) is 3.38. The average molecular weight is 324 g/mol. The molecule has 2 rings (SSSR count). The predicted octanol–water partition coefficient (Wildman–Crippen LogP) is 4.72. The molecule has 0 aromatic heterocycles. The summed E-state index contributed by atoms with van der Waals surface area (Å²) in [6.07, 6.45) is -2.31. The maximum absolute atomic E-state index is 13.7. The first kappa shape index (κ1) is 16.6. The molecule has 21 heavy (non-hydrogen) atoms. The number of halogens is 5. The lowest BCUT2D eigenvalue weighted by atomic mass is 9.73. The van der Waals surface area contributed by atoms with Crippen molar-refractivity contribution >= 4 is 11.6 Å². The van der Waals surface area contributed by atoms with Crippen LogP contribution in [0, 0.1) is 17.7 Å². The monoisotopic (exact) mass is 323 g/mol. The highest BCUT2D eigenvalue weighted by Crippen LogP contribution is 2.43. The average Bonchev–Trinajstić information content (AvgIpc) is 2.42. The van der Waals surface area contributed by atoms with Crippen molar-refractivity contribution in [3.05, 3.63) is 34.6 Å². The van der Waals surface area contributed by atoms with Crippen LogP contribution in [0.2, 0.25) is 5.02 Å². The van der Waals surface area contributed by atoms with Crippen LogP contribution in [0.5, 0.6) is 0 Å². The SMILES string of the molecule is NC(Cc1cc(Cl)ccc1F)C1CCCCC1C(F)(F)F. The highest BCUT2D eigenvalue weighted by Gasteiger charge is 2.47. The number of hydrogen-bond acceptors (Lipinski definition) is 1. The van der Waals surface area contributed by atoms with Gasteiger partial charge >= 0.3 is 6.18 Å². The van der Waals surface area contributed by atoms with Crippen molar-refractivity contribution in [1.82, 2.24) is 0 Å². The molecule has 3 atom stereocenters. The molecule has 1 aromatic rings. The molecule has 0 aliphatic heterocycles. The third kappa shape index (κ3) is 4.10. The van der Waals surface area contributed by atoms with Gasteiger partial charge in [-0.3, -0.25) is 0 Å². The standard InChI is InChI=1S/C15H18ClF4N/c16-10-5-6-13(17)9(7-10)8-14(21)11-3-1-2-4-12(11)15(18,19)20/h5-7,11-12,14H,1-4,8,21H2. The van der Waals surface area contributed by atoms with Crippen molar-refractivity contribution in [2.45, 2.75) is 44.3 Å². The molecule has 0 bridgehead atoms. The fraction of sp³-hybridized carbons (Fsp3) is 0.600. The van der Waals surface area contributed by atoms with Crippen molar-refractivity contribution in [3.8, 4) is 0 Å². The number of benzene rings is 1. The van der Waals surface area contributed by atoms with E-state index in [0.29, 0.717) is 17.9 Å². The van der Waals surface area contributed by atoms with Crippen LogP contribution in [0.4, 0.5) is 17.6 Å². The third-order valence-electron chi connectivity index (χ3n) is 4.25. The molecule has 1 aliphatic carbocycles. The van der Waals surface area contributed by atoms with Crippen LogP contribution in [0.25, 0.3) is 0 Å². The molecule has 1 saturated carbocycles. The van der Waals surface area contributed by atoms with Crippen LogP contribution in [-0.4, -0.2) is 12.2 Å². The van der Waals surface area contributed by atoms with Gasteiger partial charge in [0.25, 0.3) is 0 Å². The Kier molecular flexibility index (Phi) is 5.15. The lowest BCUT2D eigenvalue weighted by Crippen LogP contribution is -2.44. The van der Waals surface area contributed by atoms with E-state index in [4.69, 9.17) is 17.3 Å². The van der Waals surface area contributed by atoms with Gasteiger partial charge in [-0.1, -0.05) is 24.4 Å². The number of alkyl halides is 3. The van der Waals surface area contributed by atoms with Gasteiger partial charge in [0.15, 0.2) is 0 Å². The van der Waals surface area contributed by atoms with Crippen LogP contribution in [0.1, 0.15) is 31.2 Å². The van der Waals surface area contributed by atoms with Crippen LogP contribution >= 0.6 is 11.6 Å². The first-order valence-corrected chi connectivity index (χ1v) is 7.43. The molecule has 0 radical (unpaired) electrons. The summed E-state index contributed by atoms with van der Waals surface area (Å²) in [5, 5.41) is 0.356. The first-order chi connectivity index (χ1) is 9.79. The van der Waals surface area contributed by atoms with Gasteiger partial charge in [0.05, 0.1) is 5.92 Å². The summed E-state index contributed by atoms with van der Waals surface area (Å²) in [6.45, 7) is 0. The second-order valence-electron chi connectivity index (χ2n) is 5.70. The summed E-state index contributed by atoms with van der Waals surface area (Å²) in [7, 11) is 0. The van der Waals surface area contributed by atoms with E-state index >= 15 is 0 Å². The second-order valence-corrected chi connectivity index (χ2v) is 6.14. The Labute approximate surface area is 126 Å². The number of nitrogens with two attached hydrogens (primary N) is 1. The van der Waals surface area contributed by atoms with Gasteiger partial charge in [0, 0.05) is 11.1 Å². The molecule has 3 unspecified atom stereocenters. The Balaban J connectivity index is 2.14. The molecular formula is C15H18ClF4N. The van der Waals surface area contributed by atoms with E-state index in [9.17, 15) is 17.6 Å². The number of hydrogen-bond donors (Lipinski definition) is 1. The molecule has 1 aromatic carbocycles. The van der Waals surface area contributed by atoms with E-state index in [1.54, 1.807) is 0 Å². The van der Waals surface area contributed by atoms with E-state index < -0.39 is 29.9 Å². The Bertz CT molecular complexity index is 489. The van der Waals surface area contributed by atoms with Crippen molar-refractivity contribution < 1.29 is 17.6 Å². The molecule has 1 fully saturated rings. The molecule has 2 N–H and O–H groups in total. The molecule has 1 nitrogen and oxygen atoms in total. The van der Waals surface area contributed by atoms with Gasteiger partial charge < -0.3 is 5.73 Å². The summed E-state index contributed by atoms with van der Waals surface area (Å²) in [5.74, 6) is -2.52. The van der Waals surface area contributed by atoms with Crippen LogP contribution in [0.15, 0.2) is 18.2 Å². The minimum Gasteiger partial charge on any atom is -0.327 e. The Morgan fingerprint density at radius 2 is 1.90 bits per heavy atom. The minimum atomic E-state index is -4.24. The molecular weight excluding hydrogens is 306 g/mol. The lowest BCUT2D eigenvalue weighted by Gasteiger charge is -2.36. The van der Waals surface area contributed by atoms with Gasteiger partial charge in [-0.15, -0.1) is 0 Å². The zero-order valence-corrected chi connectivity index (χ0v) is 12.2. The Morgan fingerprint density at radius 1 is 1.24 bits per heavy atom. The topological polar surface area (TPSA) is 26.0 Å². The summed E-state index contributed by atoms with van der Waals surface area (Å²) in [5.41, 5.74) is 6.26. The maximum Gasteiger partial charge on any atom is 0.392 e. The first-order valence-electron chi connectivity index (χ1n) is 7.05. The van der Waals surface area contributed by atoms with E-state index in [0.717, 1.165) is 6.42 Å².